The first-order valence-corrected chi connectivity index (χ1v) is 13.0. The SMILES string of the molecule is CCOc1ccc(CCNC(=O)C2CCN(S(=O)(=O)c3cccnc3Cl)CC2)cc1OCC. The molecule has 10 heteroatoms. The highest BCUT2D eigenvalue weighted by molar-refractivity contribution is 7.89. The molecular weight excluding hydrogens is 466 g/mol. The fourth-order valence-corrected chi connectivity index (χ4v) is 5.68. The summed E-state index contributed by atoms with van der Waals surface area (Å²) in [6.07, 6.45) is 3.02. The van der Waals surface area contributed by atoms with Crippen LogP contribution in [0.1, 0.15) is 32.3 Å². The van der Waals surface area contributed by atoms with E-state index in [2.05, 4.69) is 10.3 Å². The first kappa shape index (κ1) is 25.3. The fraction of sp³-hybridized carbons (Fsp3) is 0.478. The van der Waals surface area contributed by atoms with Crippen molar-refractivity contribution in [3.8, 4) is 11.5 Å². The van der Waals surface area contributed by atoms with Crippen LogP contribution in [0.2, 0.25) is 5.15 Å². The van der Waals surface area contributed by atoms with Gasteiger partial charge in [-0.05, 0) is 62.9 Å². The number of piperidine rings is 1. The predicted molar refractivity (Wildman–Crippen MR) is 126 cm³/mol. The molecule has 1 aliphatic rings. The van der Waals surface area contributed by atoms with E-state index in [0.717, 1.165) is 5.56 Å². The van der Waals surface area contributed by atoms with Gasteiger partial charge in [0.2, 0.25) is 15.9 Å². The van der Waals surface area contributed by atoms with Gasteiger partial charge in [-0.15, -0.1) is 0 Å². The van der Waals surface area contributed by atoms with Crippen LogP contribution >= 0.6 is 11.6 Å². The summed E-state index contributed by atoms with van der Waals surface area (Å²) in [6, 6.07) is 8.78. The maximum Gasteiger partial charge on any atom is 0.246 e. The maximum atomic E-state index is 12.8. The van der Waals surface area contributed by atoms with Gasteiger partial charge in [-0.25, -0.2) is 13.4 Å². The van der Waals surface area contributed by atoms with Gasteiger partial charge in [0.25, 0.3) is 0 Å². The van der Waals surface area contributed by atoms with E-state index in [1.54, 1.807) is 6.07 Å². The molecule has 180 valence electrons. The second kappa shape index (κ2) is 11.7. The number of rotatable bonds is 10. The zero-order valence-corrected chi connectivity index (χ0v) is 20.5. The monoisotopic (exact) mass is 495 g/mol. The van der Waals surface area contributed by atoms with E-state index in [0.29, 0.717) is 50.5 Å². The average Bonchev–Trinajstić information content (AvgIpc) is 2.81. The minimum atomic E-state index is -3.73. The molecule has 0 unspecified atom stereocenters. The number of aromatic nitrogens is 1. The molecule has 0 radical (unpaired) electrons. The van der Waals surface area contributed by atoms with Crippen molar-refractivity contribution in [2.45, 2.75) is 38.0 Å². The number of sulfonamides is 1. The van der Waals surface area contributed by atoms with Gasteiger partial charge >= 0.3 is 0 Å². The first-order valence-electron chi connectivity index (χ1n) is 11.1. The maximum absolute atomic E-state index is 12.8. The Morgan fingerprint density at radius 1 is 1.15 bits per heavy atom. The standard InChI is InChI=1S/C23H30ClN3O5S/c1-3-31-19-8-7-17(16-20(19)32-4-2)9-13-26-23(28)18-10-14-27(15-11-18)33(29,30)21-6-5-12-25-22(21)24/h5-8,12,16,18H,3-4,9-11,13-15H2,1-2H3,(H,26,28). The number of carbonyl (C=O) groups is 1. The predicted octanol–water partition coefficient (Wildman–Crippen LogP) is 3.29. The van der Waals surface area contributed by atoms with Gasteiger partial charge in [0, 0.05) is 31.7 Å². The van der Waals surface area contributed by atoms with Crippen LogP contribution in [0.15, 0.2) is 41.4 Å². The number of ether oxygens (including phenoxy) is 2. The first-order chi connectivity index (χ1) is 15.9. The van der Waals surface area contributed by atoms with E-state index in [-0.39, 0.29) is 35.0 Å². The van der Waals surface area contributed by atoms with Crippen LogP contribution in [0.5, 0.6) is 11.5 Å². The van der Waals surface area contributed by atoms with Crippen LogP contribution in [-0.4, -0.2) is 56.5 Å². The Morgan fingerprint density at radius 3 is 2.52 bits per heavy atom. The number of amides is 1. The Morgan fingerprint density at radius 2 is 1.85 bits per heavy atom. The number of nitrogens with zero attached hydrogens (tertiary/aromatic N) is 2. The van der Waals surface area contributed by atoms with Crippen molar-refractivity contribution >= 4 is 27.5 Å². The van der Waals surface area contributed by atoms with E-state index in [4.69, 9.17) is 21.1 Å². The van der Waals surface area contributed by atoms with Crippen molar-refractivity contribution in [3.05, 3.63) is 47.2 Å². The van der Waals surface area contributed by atoms with Gasteiger partial charge in [-0.3, -0.25) is 4.79 Å². The smallest absolute Gasteiger partial charge is 0.246 e. The number of hydrogen-bond donors (Lipinski definition) is 1. The van der Waals surface area contributed by atoms with Crippen molar-refractivity contribution in [3.63, 3.8) is 0 Å². The Hall–Kier alpha value is -2.36. The number of carbonyl (C=O) groups excluding carboxylic acids is 1. The Balaban J connectivity index is 1.50. The topological polar surface area (TPSA) is 97.8 Å². The molecule has 0 spiro atoms. The molecule has 1 saturated heterocycles. The van der Waals surface area contributed by atoms with E-state index in [9.17, 15) is 13.2 Å². The summed E-state index contributed by atoms with van der Waals surface area (Å²) in [6.45, 7) is 5.97. The van der Waals surface area contributed by atoms with E-state index >= 15 is 0 Å². The van der Waals surface area contributed by atoms with Crippen LogP contribution in [0.3, 0.4) is 0 Å². The third-order valence-electron chi connectivity index (χ3n) is 5.49. The molecule has 8 nitrogen and oxygen atoms in total. The Labute approximate surface area is 200 Å². The highest BCUT2D eigenvalue weighted by Crippen LogP contribution is 2.29. The Kier molecular flexibility index (Phi) is 8.94. The molecule has 1 fully saturated rings. The third kappa shape index (κ3) is 6.37. The Bertz CT molecular complexity index is 1060. The van der Waals surface area contributed by atoms with Crippen LogP contribution in [0, 0.1) is 5.92 Å². The molecule has 33 heavy (non-hydrogen) atoms. The number of nitrogens with one attached hydrogen (secondary N) is 1. The minimum absolute atomic E-state index is 0.00338. The molecule has 1 aliphatic heterocycles. The normalized spacial score (nSPS) is 15.2. The lowest BCUT2D eigenvalue weighted by Gasteiger charge is -2.30. The van der Waals surface area contributed by atoms with Gasteiger partial charge in [0.15, 0.2) is 11.5 Å². The molecule has 0 saturated carbocycles. The van der Waals surface area contributed by atoms with Gasteiger partial charge < -0.3 is 14.8 Å². The molecule has 1 aromatic heterocycles. The zero-order valence-electron chi connectivity index (χ0n) is 18.9. The van der Waals surface area contributed by atoms with Crippen molar-refractivity contribution in [2.24, 2.45) is 5.92 Å². The van der Waals surface area contributed by atoms with Crippen LogP contribution < -0.4 is 14.8 Å². The molecule has 0 atom stereocenters. The van der Waals surface area contributed by atoms with Crippen LogP contribution in [0.4, 0.5) is 0 Å². The molecule has 2 heterocycles. The van der Waals surface area contributed by atoms with Gasteiger partial charge in [-0.1, -0.05) is 17.7 Å². The lowest BCUT2D eigenvalue weighted by atomic mass is 9.97. The lowest BCUT2D eigenvalue weighted by Crippen LogP contribution is -2.43. The zero-order chi connectivity index (χ0) is 23.8. The number of benzene rings is 1. The number of hydrogen-bond acceptors (Lipinski definition) is 6. The van der Waals surface area contributed by atoms with Crippen molar-refractivity contribution in [2.75, 3.05) is 32.8 Å². The quantitative estimate of drug-likeness (QED) is 0.508. The van der Waals surface area contributed by atoms with Crippen LogP contribution in [-0.2, 0) is 21.2 Å². The van der Waals surface area contributed by atoms with Crippen molar-refractivity contribution in [1.29, 1.82) is 0 Å². The highest BCUT2D eigenvalue weighted by Gasteiger charge is 2.33. The second-order valence-corrected chi connectivity index (χ2v) is 9.92. The highest BCUT2D eigenvalue weighted by atomic mass is 35.5. The van der Waals surface area contributed by atoms with Crippen molar-refractivity contribution < 1.29 is 22.7 Å². The summed E-state index contributed by atoms with van der Waals surface area (Å²) in [7, 11) is -3.73. The average molecular weight is 496 g/mol. The van der Waals surface area contributed by atoms with E-state index < -0.39 is 10.0 Å². The molecule has 3 rings (SSSR count). The minimum Gasteiger partial charge on any atom is -0.490 e. The molecule has 1 aromatic carbocycles. The summed E-state index contributed by atoms with van der Waals surface area (Å²) in [4.78, 5) is 16.5. The molecule has 1 N–H and O–H groups in total. The number of halogens is 1. The second-order valence-electron chi connectivity index (χ2n) is 7.66. The molecule has 0 aliphatic carbocycles. The van der Waals surface area contributed by atoms with Gasteiger partial charge in [0.05, 0.1) is 13.2 Å². The van der Waals surface area contributed by atoms with Crippen molar-refractivity contribution in [1.82, 2.24) is 14.6 Å². The molecule has 1 amide bonds. The summed E-state index contributed by atoms with van der Waals surface area (Å²) >= 11 is 5.97. The van der Waals surface area contributed by atoms with E-state index in [1.807, 2.05) is 32.0 Å². The molecule has 2 aromatic rings. The molecular formula is C23H30ClN3O5S. The summed E-state index contributed by atoms with van der Waals surface area (Å²) < 4.78 is 38.3. The summed E-state index contributed by atoms with van der Waals surface area (Å²) in [5.74, 6) is 1.13. The third-order valence-corrected chi connectivity index (χ3v) is 7.83. The number of pyridine rings is 1. The van der Waals surface area contributed by atoms with Crippen LogP contribution in [0.25, 0.3) is 0 Å². The molecule has 0 bridgehead atoms. The lowest BCUT2D eigenvalue weighted by molar-refractivity contribution is -0.126. The summed E-state index contributed by atoms with van der Waals surface area (Å²) in [5.41, 5.74) is 1.04. The van der Waals surface area contributed by atoms with E-state index in [1.165, 1.54) is 16.6 Å². The van der Waals surface area contributed by atoms with Gasteiger partial charge in [0.1, 0.15) is 10.0 Å². The van der Waals surface area contributed by atoms with Gasteiger partial charge in [-0.2, -0.15) is 4.31 Å². The fourth-order valence-electron chi connectivity index (χ4n) is 3.79. The largest absolute Gasteiger partial charge is 0.490 e. The summed E-state index contributed by atoms with van der Waals surface area (Å²) in [5, 5.41) is 2.93.